The highest BCUT2D eigenvalue weighted by atomic mass is 16.2. The molecule has 0 spiro atoms. The topological polar surface area (TPSA) is 88.9 Å². The van der Waals surface area contributed by atoms with E-state index < -0.39 is 5.92 Å². The molecule has 0 saturated carbocycles. The van der Waals surface area contributed by atoms with Crippen molar-refractivity contribution in [1.82, 2.24) is 14.8 Å². The van der Waals surface area contributed by atoms with Gasteiger partial charge in [-0.25, -0.2) is 4.98 Å². The fourth-order valence-electron chi connectivity index (χ4n) is 3.25. The van der Waals surface area contributed by atoms with Crippen molar-refractivity contribution < 1.29 is 9.59 Å². The molecule has 2 aromatic heterocycles. The SMILES string of the molecule is Cc1nn(C)c2ncc(NC(=O)C[C@@H]3C(=O)Nc4ccccc43)cc12. The molecule has 1 atom stereocenters. The van der Waals surface area contributed by atoms with E-state index in [0.29, 0.717) is 5.69 Å². The largest absolute Gasteiger partial charge is 0.325 e. The second-order valence-corrected chi connectivity index (χ2v) is 6.19. The molecule has 1 aliphatic heterocycles. The third-order valence-electron chi connectivity index (χ3n) is 4.45. The fraction of sp³-hybridized carbons (Fsp3) is 0.222. The van der Waals surface area contributed by atoms with E-state index in [0.717, 1.165) is 28.0 Å². The van der Waals surface area contributed by atoms with Gasteiger partial charge in [-0.1, -0.05) is 18.2 Å². The first-order valence-corrected chi connectivity index (χ1v) is 8.02. The van der Waals surface area contributed by atoms with Crippen LogP contribution in [0, 0.1) is 6.92 Å². The summed E-state index contributed by atoms with van der Waals surface area (Å²) in [6.07, 6.45) is 1.69. The number of aromatic nitrogens is 3. The first-order valence-electron chi connectivity index (χ1n) is 8.02. The quantitative estimate of drug-likeness (QED) is 0.769. The van der Waals surface area contributed by atoms with Crippen LogP contribution < -0.4 is 10.6 Å². The minimum Gasteiger partial charge on any atom is -0.325 e. The Bertz CT molecular complexity index is 1010. The summed E-state index contributed by atoms with van der Waals surface area (Å²) >= 11 is 0. The molecule has 4 rings (SSSR count). The van der Waals surface area contributed by atoms with Crippen molar-refractivity contribution in [3.05, 3.63) is 47.8 Å². The van der Waals surface area contributed by atoms with Crippen LogP contribution in [0.15, 0.2) is 36.5 Å². The molecule has 1 aromatic carbocycles. The first kappa shape index (κ1) is 15.3. The normalized spacial score (nSPS) is 15.9. The van der Waals surface area contributed by atoms with Crippen molar-refractivity contribution in [2.45, 2.75) is 19.3 Å². The number of nitrogens with zero attached hydrogens (tertiary/aromatic N) is 3. The Kier molecular flexibility index (Phi) is 3.49. The molecule has 25 heavy (non-hydrogen) atoms. The summed E-state index contributed by atoms with van der Waals surface area (Å²) < 4.78 is 1.70. The van der Waals surface area contributed by atoms with Gasteiger partial charge < -0.3 is 10.6 Å². The summed E-state index contributed by atoms with van der Waals surface area (Å²) in [5, 5.41) is 10.8. The Labute approximate surface area is 144 Å². The van der Waals surface area contributed by atoms with E-state index in [2.05, 4.69) is 20.7 Å². The molecule has 7 heteroatoms. The first-order chi connectivity index (χ1) is 12.0. The average molecular weight is 335 g/mol. The number of benzene rings is 1. The molecule has 2 amide bonds. The van der Waals surface area contributed by atoms with E-state index in [1.165, 1.54) is 0 Å². The summed E-state index contributed by atoms with van der Waals surface area (Å²) in [5.41, 5.74) is 3.85. The molecule has 3 heterocycles. The van der Waals surface area contributed by atoms with E-state index >= 15 is 0 Å². The molecule has 2 N–H and O–H groups in total. The maximum atomic E-state index is 12.4. The van der Waals surface area contributed by atoms with E-state index in [9.17, 15) is 9.59 Å². The molecule has 0 bridgehead atoms. The molecular weight excluding hydrogens is 318 g/mol. The van der Waals surface area contributed by atoms with Crippen molar-refractivity contribution in [1.29, 1.82) is 0 Å². The predicted molar refractivity (Wildman–Crippen MR) is 94.3 cm³/mol. The zero-order chi connectivity index (χ0) is 17.6. The van der Waals surface area contributed by atoms with Gasteiger partial charge in [0.15, 0.2) is 5.65 Å². The minimum absolute atomic E-state index is 0.0902. The highest BCUT2D eigenvalue weighted by Gasteiger charge is 2.31. The summed E-state index contributed by atoms with van der Waals surface area (Å²) in [7, 11) is 1.83. The highest BCUT2D eigenvalue weighted by molar-refractivity contribution is 6.06. The molecule has 0 unspecified atom stereocenters. The molecule has 3 aromatic rings. The lowest BCUT2D eigenvalue weighted by Crippen LogP contribution is -2.20. The van der Waals surface area contributed by atoms with E-state index in [-0.39, 0.29) is 18.2 Å². The third kappa shape index (κ3) is 2.63. The second-order valence-electron chi connectivity index (χ2n) is 6.19. The lowest BCUT2D eigenvalue weighted by molar-refractivity contribution is -0.122. The number of rotatable bonds is 3. The lowest BCUT2D eigenvalue weighted by Gasteiger charge is -2.09. The minimum atomic E-state index is -0.465. The van der Waals surface area contributed by atoms with Crippen LogP contribution in [0.5, 0.6) is 0 Å². The number of anilines is 2. The number of fused-ring (bicyclic) bond motifs is 2. The summed E-state index contributed by atoms with van der Waals surface area (Å²) in [5.74, 6) is -0.833. The van der Waals surface area contributed by atoms with Crippen LogP contribution in [0.2, 0.25) is 0 Å². The van der Waals surface area contributed by atoms with Crippen LogP contribution in [-0.4, -0.2) is 26.6 Å². The molecule has 1 aliphatic rings. The van der Waals surface area contributed by atoms with Gasteiger partial charge in [-0.15, -0.1) is 0 Å². The zero-order valence-electron chi connectivity index (χ0n) is 13.9. The molecule has 0 aliphatic carbocycles. The van der Waals surface area contributed by atoms with Crippen LogP contribution >= 0.6 is 0 Å². The Morgan fingerprint density at radius 2 is 2.16 bits per heavy atom. The fourth-order valence-corrected chi connectivity index (χ4v) is 3.25. The Morgan fingerprint density at radius 1 is 1.36 bits per heavy atom. The van der Waals surface area contributed by atoms with Crippen molar-refractivity contribution in [2.75, 3.05) is 10.6 Å². The van der Waals surface area contributed by atoms with Gasteiger partial charge in [0, 0.05) is 24.5 Å². The Hall–Kier alpha value is -3.22. The zero-order valence-corrected chi connectivity index (χ0v) is 13.9. The second kappa shape index (κ2) is 5.70. The highest BCUT2D eigenvalue weighted by Crippen LogP contribution is 2.34. The molecule has 126 valence electrons. The van der Waals surface area contributed by atoms with Gasteiger partial charge in [-0.05, 0) is 24.6 Å². The van der Waals surface area contributed by atoms with Crippen LogP contribution in [0.4, 0.5) is 11.4 Å². The van der Waals surface area contributed by atoms with E-state index in [1.807, 2.05) is 44.3 Å². The Balaban J connectivity index is 1.53. The average Bonchev–Trinajstić information content (AvgIpc) is 3.04. The standard InChI is InChI=1S/C18H17N5O2/c1-10-13-7-11(9-19-17(13)23(2)22-10)20-16(24)8-14-12-5-3-4-6-15(12)21-18(14)25/h3-7,9,14H,8H2,1-2H3,(H,20,24)(H,21,25)/t14-/m0/s1. The van der Waals surface area contributed by atoms with Gasteiger partial charge in [0.1, 0.15) is 0 Å². The number of hydrogen-bond acceptors (Lipinski definition) is 4. The molecular formula is C18H17N5O2. The number of amides is 2. The summed E-state index contributed by atoms with van der Waals surface area (Å²) in [6.45, 7) is 1.90. The van der Waals surface area contributed by atoms with Crippen LogP contribution in [0.25, 0.3) is 11.0 Å². The van der Waals surface area contributed by atoms with Gasteiger partial charge in [-0.2, -0.15) is 5.10 Å². The van der Waals surface area contributed by atoms with Crippen LogP contribution in [0.3, 0.4) is 0 Å². The van der Waals surface area contributed by atoms with Crippen molar-refractivity contribution in [3.63, 3.8) is 0 Å². The van der Waals surface area contributed by atoms with Crippen molar-refractivity contribution in [3.8, 4) is 0 Å². The number of aryl methyl sites for hydroxylation is 2. The van der Waals surface area contributed by atoms with Crippen molar-refractivity contribution in [2.24, 2.45) is 7.05 Å². The molecule has 7 nitrogen and oxygen atoms in total. The summed E-state index contributed by atoms with van der Waals surface area (Å²) in [4.78, 5) is 28.9. The van der Waals surface area contributed by atoms with Gasteiger partial charge in [0.05, 0.1) is 23.5 Å². The number of para-hydroxylation sites is 1. The molecule has 0 radical (unpaired) electrons. The van der Waals surface area contributed by atoms with Gasteiger partial charge in [-0.3, -0.25) is 14.3 Å². The maximum absolute atomic E-state index is 12.4. The lowest BCUT2D eigenvalue weighted by atomic mass is 9.97. The number of carbonyl (C=O) groups is 2. The Morgan fingerprint density at radius 3 is 3.00 bits per heavy atom. The monoisotopic (exact) mass is 335 g/mol. The number of hydrogen-bond donors (Lipinski definition) is 2. The summed E-state index contributed by atoms with van der Waals surface area (Å²) in [6, 6.07) is 9.29. The maximum Gasteiger partial charge on any atom is 0.232 e. The molecule has 0 saturated heterocycles. The van der Waals surface area contributed by atoms with Gasteiger partial charge >= 0.3 is 0 Å². The van der Waals surface area contributed by atoms with Crippen LogP contribution in [0.1, 0.15) is 23.6 Å². The number of nitrogens with one attached hydrogen (secondary N) is 2. The molecule has 0 fully saturated rings. The van der Waals surface area contributed by atoms with E-state index in [4.69, 9.17) is 0 Å². The smallest absolute Gasteiger partial charge is 0.232 e. The van der Waals surface area contributed by atoms with Crippen molar-refractivity contribution >= 4 is 34.2 Å². The van der Waals surface area contributed by atoms with Gasteiger partial charge in [0.2, 0.25) is 11.8 Å². The third-order valence-corrected chi connectivity index (χ3v) is 4.45. The van der Waals surface area contributed by atoms with Crippen LogP contribution in [-0.2, 0) is 16.6 Å². The number of pyridine rings is 1. The van der Waals surface area contributed by atoms with E-state index in [1.54, 1.807) is 10.9 Å². The number of carbonyl (C=O) groups excluding carboxylic acids is 2. The predicted octanol–water partition coefficient (Wildman–Crippen LogP) is 2.34. The van der Waals surface area contributed by atoms with Gasteiger partial charge in [0.25, 0.3) is 0 Å².